The molecule has 0 aliphatic heterocycles. The first kappa shape index (κ1) is 36.9. The molecule has 1 aromatic heterocycles. The van der Waals surface area contributed by atoms with Crippen molar-refractivity contribution >= 4 is 47.9 Å². The fourth-order valence-electron chi connectivity index (χ4n) is 4.57. The summed E-state index contributed by atoms with van der Waals surface area (Å²) in [4.78, 5) is 36.3. The summed E-state index contributed by atoms with van der Waals surface area (Å²) in [5.41, 5.74) is 7.55. The van der Waals surface area contributed by atoms with Gasteiger partial charge in [-0.05, 0) is 23.3 Å². The summed E-state index contributed by atoms with van der Waals surface area (Å²) >= 11 is 0. The number of rotatable bonds is 3. The van der Waals surface area contributed by atoms with Gasteiger partial charge in [0, 0.05) is 32.8 Å². The molecule has 4 radical (unpaired) electrons. The molecule has 44 heavy (non-hydrogen) atoms. The number of hydrogen-bond donors (Lipinski definition) is 1. The summed E-state index contributed by atoms with van der Waals surface area (Å²) in [7, 11) is 0. The summed E-state index contributed by atoms with van der Waals surface area (Å²) in [6, 6.07) is 40.3. The van der Waals surface area contributed by atoms with Gasteiger partial charge in [-0.2, -0.15) is 12.1 Å². The number of benzene rings is 5. The molecule has 1 heterocycles. The Morgan fingerprint density at radius 2 is 0.977 bits per heavy atom. The predicted octanol–water partition coefficient (Wildman–Crippen LogP) is 7.13. The number of carboxylic acid groups (broad SMARTS) is 1. The normalized spacial score (nSPS) is 9.23. The van der Waals surface area contributed by atoms with Crippen LogP contribution in [0.2, 0.25) is 0 Å². The number of pyridine rings is 1. The van der Waals surface area contributed by atoms with Crippen LogP contribution in [0.25, 0.3) is 43.8 Å². The number of aryl methyl sites for hydroxylation is 2. The molecule has 6 rings (SSSR count). The number of fused-ring (bicyclic) bond motifs is 3. The Balaban J connectivity index is 0.000000512. The Bertz CT molecular complexity index is 1650. The number of carbonyl (C=O) groups is 1. The van der Waals surface area contributed by atoms with Crippen molar-refractivity contribution in [3.8, 4) is 22.3 Å². The Hall–Kier alpha value is -5.09. The van der Waals surface area contributed by atoms with E-state index in [9.17, 15) is 4.79 Å². The summed E-state index contributed by atoms with van der Waals surface area (Å²) in [5, 5.41) is 13.1. The third-order valence-electron chi connectivity index (χ3n) is 6.25. The standard InChI is InChI=1S/C28H20.C6H5NO2.3CO.Re/c1-19-15-25(21-9-5-3-6-10-21)23-13-14-24-26(22-11-7-4-8-12-22)16-20(2)18-28(24)27(23)17-19;8-6(9)5-1-3-7-4-2-5;3*1-2;/h3-16H,1-2H3;1-4H,(H,8,9);;;;/q-2;;3*-1;. The molecular weight excluding hydrogens is 725 g/mol. The van der Waals surface area contributed by atoms with Crippen LogP contribution in [0.4, 0.5) is 0 Å². The first-order chi connectivity index (χ1) is 21.0. The van der Waals surface area contributed by atoms with E-state index in [-0.39, 0.29) is 26.0 Å². The maximum atomic E-state index is 10.2. The van der Waals surface area contributed by atoms with Crippen molar-refractivity contribution in [2.75, 3.05) is 0 Å². The van der Waals surface area contributed by atoms with Gasteiger partial charge in [-0.3, -0.25) is 4.98 Å². The van der Waals surface area contributed by atoms with Crippen LogP contribution in [0.3, 0.4) is 0 Å². The molecular formula is C37H25NO5Re-5. The topological polar surface area (TPSA) is 101 Å². The van der Waals surface area contributed by atoms with Crippen molar-refractivity contribution in [3.05, 3.63) is 138 Å². The van der Waals surface area contributed by atoms with Crippen LogP contribution in [0.5, 0.6) is 0 Å². The number of carboxylic acids is 1. The molecule has 6 aromatic rings. The third kappa shape index (κ3) is 9.21. The summed E-state index contributed by atoms with van der Waals surface area (Å²) in [6.07, 6.45) is 2.90. The SMILES string of the molecule is Cc1[c-]c2c(ccc3c(-c4ccccc4)cc(C)[c-]c32)c(-c2ccccc2)c1.O=C(O)c1ccncc1.[C-]=O.[C-]=O.[C-]=O.[Re]. The van der Waals surface area contributed by atoms with Crippen LogP contribution in [-0.2, 0) is 34.8 Å². The Kier molecular flexibility index (Phi) is 16.1. The smallest absolute Gasteiger partial charge is 0.335 e. The van der Waals surface area contributed by atoms with Gasteiger partial charge in [0.05, 0.1) is 5.56 Å². The van der Waals surface area contributed by atoms with Gasteiger partial charge >= 0.3 is 5.97 Å². The first-order valence-electron chi connectivity index (χ1n) is 12.7. The maximum Gasteiger partial charge on any atom is 0.335 e. The van der Waals surface area contributed by atoms with Gasteiger partial charge in [-0.1, -0.05) is 74.5 Å². The monoisotopic (exact) mass is 750 g/mol. The van der Waals surface area contributed by atoms with Gasteiger partial charge in [0.1, 0.15) is 0 Å². The van der Waals surface area contributed by atoms with Crippen molar-refractivity contribution in [2.24, 2.45) is 0 Å². The Morgan fingerprint density at radius 1 is 0.614 bits per heavy atom. The van der Waals surface area contributed by atoms with Crippen LogP contribution in [-0.4, -0.2) is 36.4 Å². The first-order valence-corrected chi connectivity index (χ1v) is 12.7. The van der Waals surface area contributed by atoms with E-state index < -0.39 is 5.97 Å². The molecule has 0 aliphatic rings. The van der Waals surface area contributed by atoms with Crippen molar-refractivity contribution in [1.29, 1.82) is 0 Å². The largest absolute Gasteiger partial charge is 0.573 e. The molecule has 7 heteroatoms. The summed E-state index contributed by atoms with van der Waals surface area (Å²) < 4.78 is 0. The van der Waals surface area contributed by atoms with Gasteiger partial charge in [-0.25, -0.2) is 15.6 Å². The van der Waals surface area contributed by atoms with Gasteiger partial charge < -0.3 is 39.9 Å². The van der Waals surface area contributed by atoms with Crippen LogP contribution < -0.4 is 0 Å². The molecule has 1 N–H and O–H groups in total. The fraction of sp³-hybridized carbons (Fsp3) is 0.0541. The van der Waals surface area contributed by atoms with E-state index in [4.69, 9.17) is 19.5 Å². The molecule has 6 nitrogen and oxygen atoms in total. The van der Waals surface area contributed by atoms with E-state index >= 15 is 0 Å². The van der Waals surface area contributed by atoms with Gasteiger partial charge in [0.15, 0.2) is 0 Å². The molecule has 0 saturated heterocycles. The molecule has 0 aliphatic carbocycles. The van der Waals surface area contributed by atoms with Crippen molar-refractivity contribution in [1.82, 2.24) is 4.98 Å². The number of aromatic carboxylic acids is 1. The van der Waals surface area contributed by atoms with Gasteiger partial charge in [0.2, 0.25) is 0 Å². The molecule has 0 amide bonds. The number of nitrogens with zero attached hydrogens (tertiary/aromatic N) is 1. The number of carbonyl (C=O) groups excluding carboxylic acids is 3. The average molecular weight is 750 g/mol. The minimum absolute atomic E-state index is 0. The second-order valence-electron chi connectivity index (χ2n) is 8.92. The van der Waals surface area contributed by atoms with Crippen molar-refractivity contribution in [2.45, 2.75) is 13.8 Å². The van der Waals surface area contributed by atoms with Crippen LogP contribution in [0.1, 0.15) is 21.5 Å². The summed E-state index contributed by atoms with van der Waals surface area (Å²) in [6.45, 7) is 17.7. The molecule has 0 spiro atoms. The number of aromatic nitrogens is 1. The van der Waals surface area contributed by atoms with Gasteiger partial charge in [-0.15, -0.1) is 57.3 Å². The van der Waals surface area contributed by atoms with Crippen LogP contribution in [0.15, 0.2) is 109 Å². The zero-order valence-corrected chi connectivity index (χ0v) is 26.5. The minimum atomic E-state index is -0.919. The second-order valence-corrected chi connectivity index (χ2v) is 8.92. The minimum Gasteiger partial charge on any atom is -0.573 e. The zero-order valence-electron chi connectivity index (χ0n) is 23.8. The Morgan fingerprint density at radius 3 is 1.30 bits per heavy atom. The Labute approximate surface area is 271 Å². The third-order valence-corrected chi connectivity index (χ3v) is 6.25. The van der Waals surface area contributed by atoms with E-state index in [0.29, 0.717) is 0 Å². The molecule has 220 valence electrons. The van der Waals surface area contributed by atoms with E-state index in [1.807, 2.05) is 0 Å². The van der Waals surface area contributed by atoms with Crippen LogP contribution >= 0.6 is 0 Å². The molecule has 0 fully saturated rings. The van der Waals surface area contributed by atoms with Gasteiger partial charge in [0.25, 0.3) is 0 Å². The average Bonchev–Trinajstić information content (AvgIpc) is 3.08. The van der Waals surface area contributed by atoms with E-state index in [1.165, 1.54) is 57.6 Å². The van der Waals surface area contributed by atoms with E-state index in [1.54, 1.807) is 0 Å². The zero-order chi connectivity index (χ0) is 31.8. The fourth-order valence-corrected chi connectivity index (χ4v) is 4.57. The molecule has 5 aromatic carbocycles. The van der Waals surface area contributed by atoms with E-state index in [0.717, 1.165) is 21.9 Å². The molecule has 0 bridgehead atoms. The van der Waals surface area contributed by atoms with Crippen molar-refractivity contribution < 1.29 is 44.7 Å². The second kappa shape index (κ2) is 19.2. The van der Waals surface area contributed by atoms with E-state index in [2.05, 4.69) is 136 Å². The van der Waals surface area contributed by atoms with Crippen molar-refractivity contribution in [3.63, 3.8) is 0 Å². The number of hydrogen-bond acceptors (Lipinski definition) is 5. The molecule has 0 saturated carbocycles. The molecule has 0 atom stereocenters. The van der Waals surface area contributed by atoms with Crippen LogP contribution in [0, 0.1) is 26.0 Å². The predicted molar refractivity (Wildman–Crippen MR) is 168 cm³/mol. The quantitative estimate of drug-likeness (QED) is 0.153. The summed E-state index contributed by atoms with van der Waals surface area (Å²) in [5.74, 6) is -0.919. The maximum absolute atomic E-state index is 10.2. The molecule has 0 unspecified atom stereocenters.